The zero-order valence-electron chi connectivity index (χ0n) is 8.98. The molecular formula is C11H8BrFN2O2S. The number of carbonyl (C=O) groups is 1. The first kappa shape index (κ1) is 13.0. The molecule has 2 heterocycles. The number of nitrogens with zero attached hydrogens (tertiary/aromatic N) is 1. The minimum Gasteiger partial charge on any atom is -0.478 e. The van der Waals surface area contributed by atoms with Crippen LogP contribution in [0.2, 0.25) is 0 Å². The second-order valence-electron chi connectivity index (χ2n) is 3.41. The van der Waals surface area contributed by atoms with E-state index >= 15 is 0 Å². The Bertz CT molecular complexity index is 588. The number of halogens is 2. The van der Waals surface area contributed by atoms with Crippen molar-refractivity contribution in [3.05, 3.63) is 44.4 Å². The summed E-state index contributed by atoms with van der Waals surface area (Å²) in [6.07, 6.45) is 1.26. The molecule has 18 heavy (non-hydrogen) atoms. The van der Waals surface area contributed by atoms with E-state index in [-0.39, 0.29) is 11.4 Å². The summed E-state index contributed by atoms with van der Waals surface area (Å²) in [6, 6.07) is 3.03. The molecule has 0 bridgehead atoms. The van der Waals surface area contributed by atoms with Crippen molar-refractivity contribution in [1.29, 1.82) is 0 Å². The summed E-state index contributed by atoms with van der Waals surface area (Å²) in [5.41, 5.74) is -0.389. The Morgan fingerprint density at radius 3 is 3.00 bits per heavy atom. The van der Waals surface area contributed by atoms with Gasteiger partial charge in [0, 0.05) is 20.9 Å². The lowest BCUT2D eigenvalue weighted by atomic mass is 10.2. The van der Waals surface area contributed by atoms with Gasteiger partial charge >= 0.3 is 5.97 Å². The van der Waals surface area contributed by atoms with Crippen LogP contribution in [0.25, 0.3) is 0 Å². The number of rotatable bonds is 4. The number of thiophene rings is 1. The highest BCUT2D eigenvalue weighted by molar-refractivity contribution is 9.10. The van der Waals surface area contributed by atoms with Gasteiger partial charge in [-0.05, 0) is 28.1 Å². The molecule has 7 heteroatoms. The maximum Gasteiger partial charge on any atom is 0.338 e. The van der Waals surface area contributed by atoms with Crippen LogP contribution in [0.3, 0.4) is 0 Å². The van der Waals surface area contributed by atoms with Crippen molar-refractivity contribution in [2.45, 2.75) is 6.54 Å². The van der Waals surface area contributed by atoms with Crippen LogP contribution in [0.15, 0.2) is 28.2 Å². The molecule has 4 nitrogen and oxygen atoms in total. The lowest BCUT2D eigenvalue weighted by Crippen LogP contribution is -2.07. The summed E-state index contributed by atoms with van der Waals surface area (Å²) >= 11 is 4.83. The van der Waals surface area contributed by atoms with Gasteiger partial charge in [0.25, 0.3) is 0 Å². The van der Waals surface area contributed by atoms with E-state index in [2.05, 4.69) is 26.2 Å². The molecule has 0 fully saturated rings. The Morgan fingerprint density at radius 1 is 1.61 bits per heavy atom. The lowest BCUT2D eigenvalue weighted by molar-refractivity contribution is 0.0692. The van der Waals surface area contributed by atoms with Gasteiger partial charge in [-0.15, -0.1) is 11.3 Å². The molecule has 2 aromatic rings. The van der Waals surface area contributed by atoms with Gasteiger partial charge in [0.05, 0.1) is 6.54 Å². The van der Waals surface area contributed by atoms with Crippen LogP contribution in [-0.2, 0) is 6.54 Å². The van der Waals surface area contributed by atoms with Gasteiger partial charge in [-0.1, -0.05) is 0 Å². The molecule has 0 unspecified atom stereocenters. The second-order valence-corrected chi connectivity index (χ2v) is 5.32. The van der Waals surface area contributed by atoms with Crippen LogP contribution in [0.4, 0.5) is 10.2 Å². The molecular weight excluding hydrogens is 323 g/mol. The summed E-state index contributed by atoms with van der Waals surface area (Å²) < 4.78 is 14.7. The van der Waals surface area contributed by atoms with Gasteiger partial charge in [-0.25, -0.2) is 14.2 Å². The molecule has 0 atom stereocenters. The van der Waals surface area contributed by atoms with Gasteiger partial charge in [0.1, 0.15) is 5.56 Å². The van der Waals surface area contributed by atoms with E-state index in [1.807, 2.05) is 11.4 Å². The number of aromatic carboxylic acids is 1. The molecule has 2 aromatic heterocycles. The molecule has 0 aliphatic rings. The lowest BCUT2D eigenvalue weighted by Gasteiger charge is -2.06. The summed E-state index contributed by atoms with van der Waals surface area (Å²) in [7, 11) is 0. The quantitative estimate of drug-likeness (QED) is 0.902. The first-order chi connectivity index (χ1) is 8.58. The molecule has 0 radical (unpaired) electrons. The van der Waals surface area contributed by atoms with Crippen molar-refractivity contribution < 1.29 is 14.3 Å². The molecule has 0 saturated heterocycles. The van der Waals surface area contributed by atoms with Crippen LogP contribution in [0.5, 0.6) is 0 Å². The largest absolute Gasteiger partial charge is 0.478 e. The number of aromatic nitrogens is 1. The van der Waals surface area contributed by atoms with Crippen LogP contribution < -0.4 is 5.32 Å². The highest BCUT2D eigenvalue weighted by Gasteiger charge is 2.14. The van der Waals surface area contributed by atoms with E-state index in [0.29, 0.717) is 6.54 Å². The third kappa shape index (κ3) is 2.85. The fraction of sp³-hybridized carbons (Fsp3) is 0.0909. The van der Waals surface area contributed by atoms with Crippen LogP contribution >= 0.6 is 27.3 Å². The smallest absolute Gasteiger partial charge is 0.338 e. The SMILES string of the molecule is O=C(O)c1ccnc(NCc2cc(Br)cs2)c1F. The number of carboxylic acid groups (broad SMARTS) is 1. The fourth-order valence-electron chi connectivity index (χ4n) is 1.35. The van der Waals surface area contributed by atoms with Gasteiger partial charge in [0.15, 0.2) is 11.6 Å². The van der Waals surface area contributed by atoms with Crippen LogP contribution in [0.1, 0.15) is 15.2 Å². The van der Waals surface area contributed by atoms with Crippen LogP contribution in [0, 0.1) is 5.82 Å². The van der Waals surface area contributed by atoms with E-state index in [1.54, 1.807) is 0 Å². The summed E-state index contributed by atoms with van der Waals surface area (Å²) in [4.78, 5) is 15.5. The molecule has 0 aromatic carbocycles. The minimum atomic E-state index is -1.31. The van der Waals surface area contributed by atoms with Gasteiger partial charge in [0.2, 0.25) is 0 Å². The Balaban J connectivity index is 2.14. The average molecular weight is 331 g/mol. The molecule has 0 spiro atoms. The van der Waals surface area contributed by atoms with Crippen molar-refractivity contribution >= 4 is 39.1 Å². The number of pyridine rings is 1. The Kier molecular flexibility index (Phi) is 3.93. The first-order valence-corrected chi connectivity index (χ1v) is 6.60. The Hall–Kier alpha value is -1.47. The van der Waals surface area contributed by atoms with Crippen LogP contribution in [-0.4, -0.2) is 16.1 Å². The Morgan fingerprint density at radius 2 is 2.39 bits per heavy atom. The van der Waals surface area contributed by atoms with E-state index in [9.17, 15) is 9.18 Å². The molecule has 0 amide bonds. The van der Waals surface area contributed by atoms with Crippen molar-refractivity contribution in [2.24, 2.45) is 0 Å². The molecule has 2 N–H and O–H groups in total. The second kappa shape index (κ2) is 5.45. The maximum absolute atomic E-state index is 13.7. The summed E-state index contributed by atoms with van der Waals surface area (Å²) in [6.45, 7) is 0.392. The Labute approximate surface area is 115 Å². The topological polar surface area (TPSA) is 62.2 Å². The van der Waals surface area contributed by atoms with Crippen molar-refractivity contribution in [1.82, 2.24) is 4.98 Å². The normalized spacial score (nSPS) is 10.3. The zero-order chi connectivity index (χ0) is 13.1. The third-order valence-corrected chi connectivity index (χ3v) is 3.87. The number of nitrogens with one attached hydrogen (secondary N) is 1. The van der Waals surface area contributed by atoms with Gasteiger partial charge in [-0.3, -0.25) is 0 Å². The standard InChI is InChI=1S/C11H8BrFN2O2S/c12-6-3-7(18-5-6)4-15-10-9(13)8(11(16)17)1-2-14-10/h1-3,5H,4H2,(H,14,15)(H,16,17). The highest BCUT2D eigenvalue weighted by atomic mass is 79.9. The number of hydrogen-bond donors (Lipinski definition) is 2. The monoisotopic (exact) mass is 330 g/mol. The van der Waals surface area contributed by atoms with Crippen molar-refractivity contribution in [2.75, 3.05) is 5.32 Å². The van der Waals surface area contributed by atoms with Gasteiger partial charge in [-0.2, -0.15) is 0 Å². The van der Waals surface area contributed by atoms with E-state index in [1.165, 1.54) is 17.5 Å². The predicted octanol–water partition coefficient (Wildman–Crippen LogP) is 3.36. The van der Waals surface area contributed by atoms with Crippen molar-refractivity contribution in [3.63, 3.8) is 0 Å². The molecule has 94 valence electrons. The first-order valence-electron chi connectivity index (χ1n) is 4.92. The fourth-order valence-corrected chi connectivity index (χ4v) is 2.74. The number of hydrogen-bond acceptors (Lipinski definition) is 4. The number of carboxylic acids is 1. The summed E-state index contributed by atoms with van der Waals surface area (Å²) in [5, 5.41) is 13.5. The van der Waals surface area contributed by atoms with Gasteiger partial charge < -0.3 is 10.4 Å². The molecule has 0 aliphatic heterocycles. The maximum atomic E-state index is 13.7. The van der Waals surface area contributed by atoms with E-state index in [0.717, 1.165) is 15.4 Å². The van der Waals surface area contributed by atoms with Crippen molar-refractivity contribution in [3.8, 4) is 0 Å². The molecule has 0 aliphatic carbocycles. The predicted molar refractivity (Wildman–Crippen MR) is 70.5 cm³/mol. The van der Waals surface area contributed by atoms with E-state index < -0.39 is 11.8 Å². The third-order valence-electron chi connectivity index (χ3n) is 2.17. The highest BCUT2D eigenvalue weighted by Crippen LogP contribution is 2.21. The zero-order valence-corrected chi connectivity index (χ0v) is 11.4. The molecule has 2 rings (SSSR count). The average Bonchev–Trinajstić information content (AvgIpc) is 2.73. The van der Waals surface area contributed by atoms with E-state index in [4.69, 9.17) is 5.11 Å². The minimum absolute atomic E-state index is 0.0561. The summed E-state index contributed by atoms with van der Waals surface area (Å²) in [5.74, 6) is -2.21. The molecule has 0 saturated carbocycles. The number of anilines is 1.